The van der Waals surface area contributed by atoms with Gasteiger partial charge in [-0.15, -0.1) is 11.6 Å². The Morgan fingerprint density at radius 2 is 2.25 bits per heavy atom. The Balaban J connectivity index is 2.63. The molecular weight excluding hydrogens is 215 g/mol. The van der Waals surface area contributed by atoms with Crippen molar-refractivity contribution in [3.8, 4) is 0 Å². The fourth-order valence-electron chi connectivity index (χ4n) is 0.729. The smallest absolute Gasteiger partial charge is 0.117 e. The highest BCUT2D eigenvalue weighted by Crippen LogP contribution is 2.24. The molecule has 0 aromatic heterocycles. The van der Waals surface area contributed by atoms with Gasteiger partial charge in [-0.2, -0.15) is 0 Å². The third-order valence-electron chi connectivity index (χ3n) is 1.20. The zero-order valence-electron chi connectivity index (χ0n) is 6.21. The minimum Gasteiger partial charge on any atom is -0.381 e. The summed E-state index contributed by atoms with van der Waals surface area (Å²) in [6.45, 7) is 0. The number of rotatable bonds is 3. The normalized spacial score (nSPS) is 12.9. The van der Waals surface area contributed by atoms with Crippen LogP contribution in [0, 0.1) is 0 Å². The number of hydrogen-bond acceptors (Lipinski definition) is 2. The second-order valence-corrected chi connectivity index (χ2v) is 4.18. The summed E-state index contributed by atoms with van der Waals surface area (Å²) in [6, 6.07) is 7.30. The van der Waals surface area contributed by atoms with Crippen molar-refractivity contribution in [1.29, 1.82) is 0 Å². The van der Waals surface area contributed by atoms with E-state index in [0.717, 1.165) is 4.90 Å². The van der Waals surface area contributed by atoms with Gasteiger partial charge < -0.3 is 5.11 Å². The lowest BCUT2D eigenvalue weighted by molar-refractivity contribution is 0.287. The van der Waals surface area contributed by atoms with E-state index >= 15 is 0 Å². The van der Waals surface area contributed by atoms with Gasteiger partial charge in [0, 0.05) is 9.92 Å². The first-order chi connectivity index (χ1) is 5.72. The summed E-state index contributed by atoms with van der Waals surface area (Å²) in [5, 5.41) is 9.86. The Labute approximate surface area is 85.7 Å². The van der Waals surface area contributed by atoms with Crippen molar-refractivity contribution in [3.05, 3.63) is 29.3 Å². The number of alkyl halides is 1. The van der Waals surface area contributed by atoms with Gasteiger partial charge in [-0.25, -0.2) is 0 Å². The molecule has 12 heavy (non-hydrogen) atoms. The minimum absolute atomic E-state index is 0.219. The first-order valence-electron chi connectivity index (χ1n) is 3.38. The largest absolute Gasteiger partial charge is 0.381 e. The molecule has 1 rings (SSSR count). The molecule has 1 unspecified atom stereocenters. The van der Waals surface area contributed by atoms with Gasteiger partial charge in [0.25, 0.3) is 0 Å². The fraction of sp³-hybridized carbons (Fsp3) is 0.250. The number of thioether (sulfide) groups is 1. The van der Waals surface area contributed by atoms with E-state index in [9.17, 15) is 5.11 Å². The van der Waals surface area contributed by atoms with Crippen LogP contribution in [0.25, 0.3) is 0 Å². The van der Waals surface area contributed by atoms with Crippen molar-refractivity contribution in [2.24, 2.45) is 0 Å². The molecule has 0 spiro atoms. The molecule has 1 nitrogen and oxygen atoms in total. The Kier molecular flexibility index (Phi) is 4.22. The van der Waals surface area contributed by atoms with E-state index in [1.54, 1.807) is 12.1 Å². The number of aliphatic hydroxyl groups excluding tert-OH is 1. The monoisotopic (exact) mass is 222 g/mol. The molecule has 0 bridgehead atoms. The SMILES string of the molecule is OC(CCl)Sc1cccc(Cl)c1. The highest BCUT2D eigenvalue weighted by atomic mass is 35.5. The molecule has 0 saturated heterocycles. The van der Waals surface area contributed by atoms with Gasteiger partial charge in [-0.05, 0) is 18.2 Å². The quantitative estimate of drug-likeness (QED) is 0.483. The summed E-state index contributed by atoms with van der Waals surface area (Å²) in [6.07, 6.45) is 0. The van der Waals surface area contributed by atoms with Gasteiger partial charge in [0.15, 0.2) is 0 Å². The van der Waals surface area contributed by atoms with Crippen LogP contribution in [0.15, 0.2) is 29.2 Å². The molecule has 4 heteroatoms. The van der Waals surface area contributed by atoms with Crippen molar-refractivity contribution >= 4 is 35.0 Å². The summed E-state index contributed by atoms with van der Waals surface area (Å²) in [5.74, 6) is 0.219. The fourth-order valence-corrected chi connectivity index (χ4v) is 1.90. The molecule has 66 valence electrons. The van der Waals surface area contributed by atoms with Crippen LogP contribution in [0.1, 0.15) is 0 Å². The lowest BCUT2D eigenvalue weighted by Crippen LogP contribution is -2.00. The lowest BCUT2D eigenvalue weighted by atomic mass is 10.4. The van der Waals surface area contributed by atoms with Crippen LogP contribution in [0.3, 0.4) is 0 Å². The topological polar surface area (TPSA) is 20.2 Å². The highest BCUT2D eigenvalue weighted by Gasteiger charge is 2.03. The van der Waals surface area contributed by atoms with Crippen molar-refractivity contribution in [2.45, 2.75) is 10.3 Å². The molecule has 0 heterocycles. The maximum Gasteiger partial charge on any atom is 0.117 e. The average Bonchev–Trinajstić information content (AvgIpc) is 2.04. The zero-order valence-corrected chi connectivity index (χ0v) is 8.53. The molecule has 1 atom stereocenters. The van der Waals surface area contributed by atoms with Crippen molar-refractivity contribution in [1.82, 2.24) is 0 Å². The Morgan fingerprint density at radius 1 is 1.50 bits per heavy atom. The molecule has 1 aromatic carbocycles. The van der Waals surface area contributed by atoms with E-state index < -0.39 is 5.44 Å². The van der Waals surface area contributed by atoms with Crippen molar-refractivity contribution < 1.29 is 5.11 Å². The van der Waals surface area contributed by atoms with E-state index in [1.165, 1.54) is 11.8 Å². The summed E-state index contributed by atoms with van der Waals surface area (Å²) >= 11 is 12.5. The van der Waals surface area contributed by atoms with Gasteiger partial charge in [-0.1, -0.05) is 29.4 Å². The summed E-state index contributed by atoms with van der Waals surface area (Å²) in [7, 11) is 0. The Bertz CT molecular complexity index is 255. The first kappa shape index (κ1) is 10.2. The van der Waals surface area contributed by atoms with Crippen molar-refractivity contribution in [3.63, 3.8) is 0 Å². The van der Waals surface area contributed by atoms with E-state index in [-0.39, 0.29) is 5.88 Å². The van der Waals surface area contributed by atoms with Crippen LogP contribution in [-0.4, -0.2) is 16.4 Å². The molecule has 0 radical (unpaired) electrons. The van der Waals surface area contributed by atoms with E-state index in [1.807, 2.05) is 12.1 Å². The van der Waals surface area contributed by atoms with Crippen LogP contribution in [0.5, 0.6) is 0 Å². The summed E-state index contributed by atoms with van der Waals surface area (Å²) in [5.41, 5.74) is -0.565. The van der Waals surface area contributed by atoms with E-state index in [0.29, 0.717) is 5.02 Å². The van der Waals surface area contributed by atoms with Gasteiger partial charge in [0.2, 0.25) is 0 Å². The van der Waals surface area contributed by atoms with E-state index in [4.69, 9.17) is 23.2 Å². The van der Waals surface area contributed by atoms with Gasteiger partial charge in [0.05, 0.1) is 5.88 Å². The minimum atomic E-state index is -0.565. The van der Waals surface area contributed by atoms with Crippen LogP contribution < -0.4 is 0 Å². The standard InChI is InChI=1S/C8H8Cl2OS/c9-5-8(11)12-7-3-1-2-6(10)4-7/h1-4,8,11H,5H2. The maximum absolute atomic E-state index is 9.19. The van der Waals surface area contributed by atoms with Gasteiger partial charge >= 0.3 is 0 Å². The van der Waals surface area contributed by atoms with Crippen molar-refractivity contribution in [2.75, 3.05) is 5.88 Å². The van der Waals surface area contributed by atoms with Crippen LogP contribution >= 0.6 is 35.0 Å². The molecule has 1 aromatic rings. The summed E-state index contributed by atoms with van der Waals surface area (Å²) < 4.78 is 0. The predicted octanol–water partition coefficient (Wildman–Crippen LogP) is 2.99. The Morgan fingerprint density at radius 3 is 2.83 bits per heavy atom. The van der Waals surface area contributed by atoms with Gasteiger partial charge in [0.1, 0.15) is 5.44 Å². The number of hydrogen-bond donors (Lipinski definition) is 1. The third-order valence-corrected chi connectivity index (χ3v) is 2.88. The number of halogens is 2. The van der Waals surface area contributed by atoms with Crippen LogP contribution in [-0.2, 0) is 0 Å². The number of aliphatic hydroxyl groups is 1. The van der Waals surface area contributed by atoms with Gasteiger partial charge in [-0.3, -0.25) is 0 Å². The maximum atomic E-state index is 9.19. The second kappa shape index (κ2) is 4.97. The van der Waals surface area contributed by atoms with E-state index in [2.05, 4.69) is 0 Å². The molecule has 0 saturated carbocycles. The summed E-state index contributed by atoms with van der Waals surface area (Å²) in [4.78, 5) is 0.927. The second-order valence-electron chi connectivity index (χ2n) is 2.18. The molecule has 0 fully saturated rings. The zero-order chi connectivity index (χ0) is 8.97. The van der Waals surface area contributed by atoms with Crippen LogP contribution in [0.4, 0.5) is 0 Å². The first-order valence-corrected chi connectivity index (χ1v) is 5.18. The predicted molar refractivity (Wildman–Crippen MR) is 54.0 cm³/mol. The third kappa shape index (κ3) is 3.23. The molecule has 0 aliphatic carbocycles. The number of benzene rings is 1. The molecule has 1 N–H and O–H groups in total. The molecule has 0 aliphatic rings. The Hall–Kier alpha value is 0.110. The highest BCUT2D eigenvalue weighted by molar-refractivity contribution is 7.99. The molecule has 0 amide bonds. The average molecular weight is 223 g/mol. The van der Waals surface area contributed by atoms with Crippen LogP contribution in [0.2, 0.25) is 5.02 Å². The molecule has 0 aliphatic heterocycles. The lowest BCUT2D eigenvalue weighted by Gasteiger charge is -2.05. The molecular formula is C8H8Cl2OS.